The summed E-state index contributed by atoms with van der Waals surface area (Å²) >= 11 is 0. The highest BCUT2D eigenvalue weighted by atomic mass is 32.2. The van der Waals surface area contributed by atoms with Crippen LogP contribution in [0.25, 0.3) is 0 Å². The maximum atomic E-state index is 12.6. The van der Waals surface area contributed by atoms with E-state index in [1.165, 1.54) is 17.5 Å². The van der Waals surface area contributed by atoms with Crippen LogP contribution in [-0.4, -0.2) is 44.6 Å². The fourth-order valence-corrected chi connectivity index (χ4v) is 3.48. The molecule has 20 heavy (non-hydrogen) atoms. The normalized spacial score (nSPS) is 14.8. The maximum Gasteiger partial charge on any atom is 0.246 e. The summed E-state index contributed by atoms with van der Waals surface area (Å²) in [6.45, 7) is -0.268. The van der Waals surface area contributed by atoms with Crippen molar-refractivity contribution in [1.29, 1.82) is 0 Å². The van der Waals surface area contributed by atoms with Crippen molar-refractivity contribution < 1.29 is 18.3 Å². The third kappa shape index (κ3) is 2.96. The molecule has 108 valence electrons. The maximum absolute atomic E-state index is 12.6. The molecule has 0 saturated heterocycles. The Labute approximate surface area is 119 Å². The minimum absolute atomic E-state index is 0.0805. The Morgan fingerprint density at radius 2 is 2.15 bits per heavy atom. The zero-order chi connectivity index (χ0) is 14.8. The van der Waals surface area contributed by atoms with Crippen LogP contribution < -0.4 is 4.74 Å². The number of ether oxygens (including phenoxy) is 1. The van der Waals surface area contributed by atoms with E-state index in [0.29, 0.717) is 11.3 Å². The predicted molar refractivity (Wildman–Crippen MR) is 74.9 cm³/mol. The molecule has 0 unspecified atom stereocenters. The van der Waals surface area contributed by atoms with Crippen LogP contribution in [0.15, 0.2) is 23.1 Å². The highest BCUT2D eigenvalue weighted by molar-refractivity contribution is 7.89. The second-order valence-electron chi connectivity index (χ2n) is 4.58. The Bertz CT molecular complexity index is 653. The summed E-state index contributed by atoms with van der Waals surface area (Å²) in [5.74, 6) is 5.50. The molecular weight excluding hydrogens is 278 g/mol. The molecule has 1 N–H and O–H groups in total. The van der Waals surface area contributed by atoms with Crippen LogP contribution in [0.1, 0.15) is 18.4 Å². The number of aliphatic hydroxyl groups excluding tert-OH is 1. The van der Waals surface area contributed by atoms with Crippen LogP contribution in [0.3, 0.4) is 0 Å². The van der Waals surface area contributed by atoms with Crippen LogP contribution in [0.4, 0.5) is 0 Å². The number of sulfonamides is 1. The second-order valence-corrected chi connectivity index (χ2v) is 6.54. The number of hydrogen-bond acceptors (Lipinski definition) is 4. The van der Waals surface area contributed by atoms with Crippen molar-refractivity contribution in [2.24, 2.45) is 0 Å². The van der Waals surface area contributed by atoms with Crippen molar-refractivity contribution in [3.63, 3.8) is 0 Å². The number of benzene rings is 1. The average molecular weight is 295 g/mol. The van der Waals surface area contributed by atoms with E-state index in [1.807, 2.05) is 0 Å². The van der Waals surface area contributed by atoms with Crippen molar-refractivity contribution in [2.75, 3.05) is 20.8 Å². The van der Waals surface area contributed by atoms with Crippen LogP contribution in [0.5, 0.6) is 5.75 Å². The first-order valence-electron chi connectivity index (χ1n) is 6.26. The van der Waals surface area contributed by atoms with Crippen LogP contribution in [0.2, 0.25) is 0 Å². The first kappa shape index (κ1) is 14.9. The molecule has 1 aliphatic rings. The van der Waals surface area contributed by atoms with Gasteiger partial charge < -0.3 is 9.84 Å². The van der Waals surface area contributed by atoms with E-state index in [2.05, 4.69) is 11.8 Å². The van der Waals surface area contributed by atoms with E-state index in [1.54, 1.807) is 19.2 Å². The molecule has 0 atom stereocenters. The third-order valence-electron chi connectivity index (χ3n) is 3.19. The summed E-state index contributed by atoms with van der Waals surface area (Å²) in [7, 11) is -0.571. The number of methoxy groups -OCH3 is 1. The number of rotatable bonds is 4. The zero-order valence-corrected chi connectivity index (χ0v) is 12.3. The molecule has 6 heteroatoms. The second kappa shape index (κ2) is 5.83. The van der Waals surface area contributed by atoms with Gasteiger partial charge in [0.2, 0.25) is 10.0 Å². The molecular formula is C14H17NO4S. The molecule has 1 aromatic rings. The van der Waals surface area contributed by atoms with Crippen molar-refractivity contribution in [3.8, 4) is 17.6 Å². The van der Waals surface area contributed by atoms with Gasteiger partial charge in [-0.3, -0.25) is 0 Å². The molecule has 1 fully saturated rings. The first-order chi connectivity index (χ1) is 9.50. The largest absolute Gasteiger partial charge is 0.495 e. The molecule has 0 spiro atoms. The van der Waals surface area contributed by atoms with E-state index in [-0.39, 0.29) is 17.5 Å². The molecule has 1 saturated carbocycles. The van der Waals surface area contributed by atoms with Gasteiger partial charge in [0.25, 0.3) is 0 Å². The van der Waals surface area contributed by atoms with Gasteiger partial charge >= 0.3 is 0 Å². The van der Waals surface area contributed by atoms with Gasteiger partial charge in [0, 0.05) is 18.7 Å². The van der Waals surface area contributed by atoms with Crippen molar-refractivity contribution in [3.05, 3.63) is 23.8 Å². The van der Waals surface area contributed by atoms with Crippen LogP contribution in [-0.2, 0) is 10.0 Å². The summed E-state index contributed by atoms with van der Waals surface area (Å²) in [6.07, 6.45) is 1.78. The van der Waals surface area contributed by atoms with E-state index < -0.39 is 10.0 Å². The van der Waals surface area contributed by atoms with Crippen molar-refractivity contribution >= 4 is 10.0 Å². The minimum atomic E-state index is -3.59. The van der Waals surface area contributed by atoms with Gasteiger partial charge in [0.15, 0.2) is 0 Å². The van der Waals surface area contributed by atoms with Gasteiger partial charge in [-0.25, -0.2) is 8.42 Å². The van der Waals surface area contributed by atoms with E-state index in [9.17, 15) is 8.42 Å². The monoisotopic (exact) mass is 295 g/mol. The van der Waals surface area contributed by atoms with Gasteiger partial charge in [0.1, 0.15) is 17.3 Å². The molecule has 0 bridgehead atoms. The molecule has 0 aliphatic heterocycles. The summed E-state index contributed by atoms with van der Waals surface area (Å²) in [6, 6.07) is 4.81. The predicted octanol–water partition coefficient (Wildman–Crippen LogP) is 0.822. The lowest BCUT2D eigenvalue weighted by Crippen LogP contribution is -2.29. The zero-order valence-electron chi connectivity index (χ0n) is 11.5. The molecule has 0 heterocycles. The lowest BCUT2D eigenvalue weighted by Gasteiger charge is -2.18. The molecule has 0 radical (unpaired) electrons. The SMILES string of the molecule is COc1ccc(C#CCO)cc1S(=O)(=O)N(C)C1CC1. The Kier molecular flexibility index (Phi) is 4.33. The Balaban J connectivity index is 2.47. The van der Waals surface area contributed by atoms with Crippen LogP contribution in [0, 0.1) is 11.8 Å². The van der Waals surface area contributed by atoms with Gasteiger partial charge in [-0.1, -0.05) is 11.8 Å². The van der Waals surface area contributed by atoms with Crippen molar-refractivity contribution in [2.45, 2.75) is 23.8 Å². The number of hydrogen-bond donors (Lipinski definition) is 1. The number of aliphatic hydroxyl groups is 1. The lowest BCUT2D eigenvalue weighted by atomic mass is 10.2. The fraction of sp³-hybridized carbons (Fsp3) is 0.429. The molecule has 1 aliphatic carbocycles. The summed E-state index contributed by atoms with van der Waals surface area (Å²) in [5.41, 5.74) is 0.530. The van der Waals surface area contributed by atoms with Crippen LogP contribution >= 0.6 is 0 Å². The molecule has 0 aromatic heterocycles. The van der Waals surface area contributed by atoms with Gasteiger partial charge in [-0.2, -0.15) is 4.31 Å². The quantitative estimate of drug-likeness (QED) is 0.835. The Morgan fingerprint density at radius 1 is 1.45 bits per heavy atom. The molecule has 2 rings (SSSR count). The summed E-state index contributed by atoms with van der Waals surface area (Å²) < 4.78 is 31.7. The van der Waals surface area contributed by atoms with E-state index >= 15 is 0 Å². The van der Waals surface area contributed by atoms with Gasteiger partial charge in [-0.15, -0.1) is 0 Å². The van der Waals surface area contributed by atoms with E-state index in [4.69, 9.17) is 9.84 Å². The topological polar surface area (TPSA) is 66.8 Å². The highest BCUT2D eigenvalue weighted by Gasteiger charge is 2.36. The third-order valence-corrected chi connectivity index (χ3v) is 5.12. The standard InChI is InChI=1S/C14H17NO4S/c1-15(12-6-7-12)20(17,18)14-10-11(4-3-9-16)5-8-13(14)19-2/h5,8,10,12,16H,6-7,9H2,1-2H3. The molecule has 1 aromatic carbocycles. The van der Waals surface area contributed by atoms with Crippen molar-refractivity contribution in [1.82, 2.24) is 4.31 Å². The Hall–Kier alpha value is -1.55. The summed E-state index contributed by atoms with van der Waals surface area (Å²) in [5, 5.41) is 8.70. The molecule has 5 nitrogen and oxygen atoms in total. The highest BCUT2D eigenvalue weighted by Crippen LogP contribution is 2.34. The van der Waals surface area contributed by atoms with Gasteiger partial charge in [-0.05, 0) is 31.0 Å². The smallest absolute Gasteiger partial charge is 0.246 e. The molecule has 0 amide bonds. The Morgan fingerprint density at radius 3 is 2.70 bits per heavy atom. The van der Waals surface area contributed by atoms with Gasteiger partial charge in [0.05, 0.1) is 7.11 Å². The summed E-state index contributed by atoms with van der Waals surface area (Å²) in [4.78, 5) is 0.110. The first-order valence-corrected chi connectivity index (χ1v) is 7.70. The minimum Gasteiger partial charge on any atom is -0.495 e. The van der Waals surface area contributed by atoms with E-state index in [0.717, 1.165) is 12.8 Å². The number of nitrogens with zero attached hydrogens (tertiary/aromatic N) is 1. The lowest BCUT2D eigenvalue weighted by molar-refractivity contribution is 0.350. The average Bonchev–Trinajstić information content (AvgIpc) is 3.28. The fourth-order valence-electron chi connectivity index (χ4n) is 1.89.